The predicted octanol–water partition coefficient (Wildman–Crippen LogP) is 4.72. The zero-order chi connectivity index (χ0) is 16.2. The molecule has 0 aromatic heterocycles. The zero-order valence-corrected chi connectivity index (χ0v) is 13.7. The first-order valence-corrected chi connectivity index (χ1v) is 8.02. The number of urea groups is 1. The molecule has 1 fully saturated rings. The summed E-state index contributed by atoms with van der Waals surface area (Å²) in [6.07, 6.45) is 1.97. The third-order valence-electron chi connectivity index (χ3n) is 4.11. The number of nitrogens with zero attached hydrogens (tertiary/aromatic N) is 1. The molecular formula is C18H19ClN2O2. The van der Waals surface area contributed by atoms with Crippen LogP contribution >= 0.6 is 11.6 Å². The Morgan fingerprint density at radius 1 is 1.17 bits per heavy atom. The largest absolute Gasteiger partial charge is 0.497 e. The van der Waals surface area contributed by atoms with Crippen LogP contribution in [-0.2, 0) is 0 Å². The van der Waals surface area contributed by atoms with Crippen molar-refractivity contribution in [2.45, 2.75) is 18.9 Å². The first-order chi connectivity index (χ1) is 11.2. The molecule has 0 aliphatic carbocycles. The lowest BCUT2D eigenvalue weighted by Gasteiger charge is -2.25. The fourth-order valence-corrected chi connectivity index (χ4v) is 3.04. The van der Waals surface area contributed by atoms with Crippen molar-refractivity contribution >= 4 is 23.3 Å². The van der Waals surface area contributed by atoms with E-state index >= 15 is 0 Å². The van der Waals surface area contributed by atoms with E-state index in [9.17, 15) is 4.79 Å². The highest BCUT2D eigenvalue weighted by Gasteiger charge is 2.29. The molecule has 0 bridgehead atoms. The lowest BCUT2D eigenvalue weighted by Crippen LogP contribution is -2.34. The van der Waals surface area contributed by atoms with Crippen molar-refractivity contribution in [2.24, 2.45) is 0 Å². The van der Waals surface area contributed by atoms with E-state index in [4.69, 9.17) is 16.3 Å². The standard InChI is InChI=1S/C18H19ClN2O2/c1-23-16-10-8-15(9-11-16)20-18(22)21-12-2-3-17(21)13-4-6-14(19)7-5-13/h4-11,17H,2-3,12H2,1H3,(H,20,22)/t17-/m0/s1. The summed E-state index contributed by atoms with van der Waals surface area (Å²) in [6.45, 7) is 0.759. The van der Waals surface area contributed by atoms with Crippen molar-refractivity contribution in [3.05, 3.63) is 59.1 Å². The summed E-state index contributed by atoms with van der Waals surface area (Å²) in [6, 6.07) is 15.1. The van der Waals surface area contributed by atoms with Crippen LogP contribution in [0.15, 0.2) is 48.5 Å². The second kappa shape index (κ2) is 6.92. The van der Waals surface area contributed by atoms with Crippen LogP contribution in [-0.4, -0.2) is 24.6 Å². The average Bonchev–Trinajstić information content (AvgIpc) is 3.06. The number of amides is 2. The van der Waals surface area contributed by atoms with Crippen LogP contribution in [0, 0.1) is 0 Å². The smallest absolute Gasteiger partial charge is 0.322 e. The minimum absolute atomic E-state index is 0.0763. The molecule has 5 heteroatoms. The highest BCUT2D eigenvalue weighted by Crippen LogP contribution is 2.33. The van der Waals surface area contributed by atoms with Crippen molar-refractivity contribution in [3.8, 4) is 5.75 Å². The minimum atomic E-state index is -0.0763. The molecule has 0 radical (unpaired) electrons. The van der Waals surface area contributed by atoms with Crippen LogP contribution in [0.1, 0.15) is 24.4 Å². The fourth-order valence-electron chi connectivity index (χ4n) is 2.91. The number of hydrogen-bond acceptors (Lipinski definition) is 2. The molecule has 0 saturated carbocycles. The average molecular weight is 331 g/mol. The van der Waals surface area contributed by atoms with Gasteiger partial charge in [0.15, 0.2) is 0 Å². The van der Waals surface area contributed by atoms with Crippen molar-refractivity contribution in [1.29, 1.82) is 0 Å². The number of likely N-dealkylation sites (tertiary alicyclic amines) is 1. The Morgan fingerprint density at radius 3 is 2.52 bits per heavy atom. The number of nitrogens with one attached hydrogen (secondary N) is 1. The summed E-state index contributed by atoms with van der Waals surface area (Å²) in [4.78, 5) is 14.5. The molecule has 2 aromatic rings. The van der Waals surface area contributed by atoms with Gasteiger partial charge in [-0.15, -0.1) is 0 Å². The minimum Gasteiger partial charge on any atom is -0.497 e. The van der Waals surface area contributed by atoms with Crippen LogP contribution in [0.25, 0.3) is 0 Å². The van der Waals surface area contributed by atoms with Crippen molar-refractivity contribution < 1.29 is 9.53 Å². The Bertz CT molecular complexity index is 670. The number of hydrogen-bond donors (Lipinski definition) is 1. The van der Waals surface area contributed by atoms with Crippen LogP contribution in [0.2, 0.25) is 5.02 Å². The maximum atomic E-state index is 12.6. The topological polar surface area (TPSA) is 41.6 Å². The van der Waals surface area contributed by atoms with E-state index in [-0.39, 0.29) is 12.1 Å². The van der Waals surface area contributed by atoms with Crippen molar-refractivity contribution in [1.82, 2.24) is 4.90 Å². The maximum Gasteiger partial charge on any atom is 0.322 e. The molecule has 1 atom stereocenters. The number of ether oxygens (including phenoxy) is 1. The number of carbonyl (C=O) groups excluding carboxylic acids is 1. The van der Waals surface area contributed by atoms with E-state index in [2.05, 4.69) is 5.32 Å². The van der Waals surface area contributed by atoms with Gasteiger partial charge in [-0.05, 0) is 54.8 Å². The molecule has 4 nitrogen and oxygen atoms in total. The van der Waals surface area contributed by atoms with Gasteiger partial charge in [-0.3, -0.25) is 0 Å². The third kappa shape index (κ3) is 3.59. The summed E-state index contributed by atoms with van der Waals surface area (Å²) >= 11 is 5.95. The van der Waals surface area contributed by atoms with Crippen molar-refractivity contribution in [3.63, 3.8) is 0 Å². The van der Waals surface area contributed by atoms with Gasteiger partial charge < -0.3 is 15.0 Å². The monoisotopic (exact) mass is 330 g/mol. The van der Waals surface area contributed by atoms with E-state index in [1.807, 2.05) is 53.4 Å². The normalized spacial score (nSPS) is 17.1. The molecule has 1 aliphatic rings. The van der Waals surface area contributed by atoms with Gasteiger partial charge >= 0.3 is 6.03 Å². The SMILES string of the molecule is COc1ccc(NC(=O)N2CCC[C@H]2c2ccc(Cl)cc2)cc1. The number of rotatable bonds is 3. The van der Waals surface area contributed by atoms with Gasteiger partial charge in [0.1, 0.15) is 5.75 Å². The van der Waals surface area contributed by atoms with E-state index < -0.39 is 0 Å². The summed E-state index contributed by atoms with van der Waals surface area (Å²) in [5.74, 6) is 0.767. The molecule has 1 saturated heterocycles. The summed E-state index contributed by atoms with van der Waals surface area (Å²) in [7, 11) is 1.62. The van der Waals surface area contributed by atoms with Crippen LogP contribution in [0.5, 0.6) is 5.75 Å². The Kier molecular flexibility index (Phi) is 4.72. The van der Waals surface area contributed by atoms with Gasteiger partial charge in [0, 0.05) is 17.3 Å². The molecule has 0 spiro atoms. The molecule has 1 N–H and O–H groups in total. The Hall–Kier alpha value is -2.20. The van der Waals surface area contributed by atoms with Crippen LogP contribution in [0.4, 0.5) is 10.5 Å². The van der Waals surface area contributed by atoms with Gasteiger partial charge in [0.2, 0.25) is 0 Å². The Balaban J connectivity index is 1.71. The van der Waals surface area contributed by atoms with E-state index in [1.54, 1.807) is 7.11 Å². The van der Waals surface area contributed by atoms with Gasteiger partial charge in [-0.25, -0.2) is 4.79 Å². The number of benzene rings is 2. The molecule has 23 heavy (non-hydrogen) atoms. The third-order valence-corrected chi connectivity index (χ3v) is 4.36. The lowest BCUT2D eigenvalue weighted by molar-refractivity contribution is 0.207. The van der Waals surface area contributed by atoms with Gasteiger partial charge in [0.25, 0.3) is 0 Å². The second-order valence-corrected chi connectivity index (χ2v) is 6.00. The Morgan fingerprint density at radius 2 is 1.87 bits per heavy atom. The highest BCUT2D eigenvalue weighted by atomic mass is 35.5. The number of carbonyl (C=O) groups is 1. The van der Waals surface area contributed by atoms with Crippen molar-refractivity contribution in [2.75, 3.05) is 19.0 Å². The van der Waals surface area contributed by atoms with E-state index in [1.165, 1.54) is 0 Å². The zero-order valence-electron chi connectivity index (χ0n) is 13.0. The summed E-state index contributed by atoms with van der Waals surface area (Å²) in [5.41, 5.74) is 1.88. The summed E-state index contributed by atoms with van der Waals surface area (Å²) in [5, 5.41) is 3.66. The second-order valence-electron chi connectivity index (χ2n) is 5.56. The molecule has 3 rings (SSSR count). The van der Waals surface area contributed by atoms with E-state index in [0.29, 0.717) is 5.02 Å². The number of methoxy groups -OCH3 is 1. The van der Waals surface area contributed by atoms with Gasteiger partial charge in [-0.1, -0.05) is 23.7 Å². The molecule has 2 aromatic carbocycles. The first kappa shape index (κ1) is 15.7. The number of halogens is 1. The summed E-state index contributed by atoms with van der Waals surface area (Å²) < 4.78 is 5.12. The highest BCUT2D eigenvalue weighted by molar-refractivity contribution is 6.30. The molecular weight excluding hydrogens is 312 g/mol. The molecule has 1 aliphatic heterocycles. The lowest BCUT2D eigenvalue weighted by atomic mass is 10.1. The van der Waals surface area contributed by atoms with E-state index in [0.717, 1.165) is 36.4 Å². The molecule has 120 valence electrons. The molecule has 1 heterocycles. The van der Waals surface area contributed by atoms with Gasteiger partial charge in [0.05, 0.1) is 13.2 Å². The van der Waals surface area contributed by atoms with Gasteiger partial charge in [-0.2, -0.15) is 0 Å². The van der Waals surface area contributed by atoms with Crippen LogP contribution in [0.3, 0.4) is 0 Å². The molecule has 0 unspecified atom stereocenters. The molecule has 2 amide bonds. The fraction of sp³-hybridized carbons (Fsp3) is 0.278. The maximum absolute atomic E-state index is 12.6. The first-order valence-electron chi connectivity index (χ1n) is 7.64. The number of anilines is 1. The van der Waals surface area contributed by atoms with Crippen LogP contribution < -0.4 is 10.1 Å². The quantitative estimate of drug-likeness (QED) is 0.884. The Labute approximate surface area is 141 Å². The predicted molar refractivity (Wildman–Crippen MR) is 92.1 cm³/mol.